The molecule has 0 aromatic heterocycles. The minimum absolute atomic E-state index is 0.181. The molecule has 0 saturated heterocycles. The quantitative estimate of drug-likeness (QED) is 0.640. The number of benzene rings is 2. The maximum absolute atomic E-state index is 11.9. The molecule has 2 aromatic carbocycles. The van der Waals surface area contributed by atoms with E-state index in [-0.39, 0.29) is 22.5 Å². The Morgan fingerprint density at radius 2 is 1.58 bits per heavy atom. The van der Waals surface area contributed by atoms with Crippen molar-refractivity contribution in [1.29, 1.82) is 0 Å². The molecule has 3 N–H and O–H groups in total. The van der Waals surface area contributed by atoms with Gasteiger partial charge < -0.3 is 20.5 Å². The van der Waals surface area contributed by atoms with Crippen molar-refractivity contribution in [3.8, 4) is 0 Å². The summed E-state index contributed by atoms with van der Waals surface area (Å²) in [6, 6.07) is 12.7. The Labute approximate surface area is 138 Å². The number of carbonyl (C=O) groups is 3. The molecule has 2 aromatic rings. The molecule has 0 spiro atoms. The molecule has 0 saturated carbocycles. The zero-order chi connectivity index (χ0) is 17.5. The normalized spacial score (nSPS) is 9.88. The van der Waals surface area contributed by atoms with Crippen LogP contribution in [0.5, 0.6) is 0 Å². The highest BCUT2D eigenvalue weighted by Crippen LogP contribution is 2.16. The van der Waals surface area contributed by atoms with E-state index in [0.717, 1.165) is 0 Å². The molecule has 0 unspecified atom stereocenters. The van der Waals surface area contributed by atoms with E-state index < -0.39 is 24.5 Å². The predicted octanol–water partition coefficient (Wildman–Crippen LogP) is 1.85. The van der Waals surface area contributed by atoms with Gasteiger partial charge in [-0.2, -0.15) is 0 Å². The minimum atomic E-state index is -0.704. The van der Waals surface area contributed by atoms with Gasteiger partial charge in [0.05, 0.1) is 23.9 Å². The Balaban J connectivity index is 1.99. The van der Waals surface area contributed by atoms with Crippen LogP contribution < -0.4 is 11.1 Å². The average Bonchev–Trinajstić information content (AvgIpc) is 2.60. The first-order valence-electron chi connectivity index (χ1n) is 7.01. The number of ether oxygens (including phenoxy) is 2. The summed E-state index contributed by atoms with van der Waals surface area (Å²) in [6.45, 7) is -0.511. The first-order valence-corrected chi connectivity index (χ1v) is 7.01. The lowest BCUT2D eigenvalue weighted by Gasteiger charge is -2.10. The number of hydrogen-bond acceptors (Lipinski definition) is 6. The van der Waals surface area contributed by atoms with E-state index in [1.54, 1.807) is 36.4 Å². The Hall–Kier alpha value is -3.35. The lowest BCUT2D eigenvalue weighted by atomic mass is 10.2. The van der Waals surface area contributed by atoms with Crippen LogP contribution in [0.3, 0.4) is 0 Å². The fourth-order valence-electron chi connectivity index (χ4n) is 1.96. The smallest absolute Gasteiger partial charge is 0.340 e. The first kappa shape index (κ1) is 17.0. The highest BCUT2D eigenvalue weighted by molar-refractivity contribution is 6.02. The second kappa shape index (κ2) is 7.77. The number of anilines is 2. The van der Waals surface area contributed by atoms with Gasteiger partial charge in [0, 0.05) is 5.69 Å². The summed E-state index contributed by atoms with van der Waals surface area (Å²) in [5, 5.41) is 2.50. The fraction of sp³-hybridized carbons (Fsp3) is 0.118. The minimum Gasteiger partial charge on any atom is -0.465 e. The van der Waals surface area contributed by atoms with Gasteiger partial charge in [-0.25, -0.2) is 9.59 Å². The molecule has 0 atom stereocenters. The summed E-state index contributed by atoms with van der Waals surface area (Å²) in [4.78, 5) is 35.4. The van der Waals surface area contributed by atoms with Gasteiger partial charge in [-0.15, -0.1) is 0 Å². The largest absolute Gasteiger partial charge is 0.465 e. The number of esters is 2. The Morgan fingerprint density at radius 1 is 0.958 bits per heavy atom. The molecule has 124 valence electrons. The van der Waals surface area contributed by atoms with E-state index >= 15 is 0 Å². The summed E-state index contributed by atoms with van der Waals surface area (Å²) in [7, 11) is 1.24. The predicted molar refractivity (Wildman–Crippen MR) is 87.5 cm³/mol. The van der Waals surface area contributed by atoms with Crippen LogP contribution in [0.15, 0.2) is 48.5 Å². The summed E-state index contributed by atoms with van der Waals surface area (Å²) in [5.74, 6) is -1.88. The van der Waals surface area contributed by atoms with Gasteiger partial charge in [0.2, 0.25) is 0 Å². The van der Waals surface area contributed by atoms with Crippen molar-refractivity contribution >= 4 is 29.2 Å². The van der Waals surface area contributed by atoms with E-state index in [9.17, 15) is 14.4 Å². The lowest BCUT2D eigenvalue weighted by Crippen LogP contribution is -2.22. The van der Waals surface area contributed by atoms with Crippen LogP contribution in [-0.2, 0) is 14.3 Å². The number of nitrogens with one attached hydrogen (secondary N) is 1. The van der Waals surface area contributed by atoms with Crippen molar-refractivity contribution in [2.75, 3.05) is 24.8 Å². The topological polar surface area (TPSA) is 108 Å². The Morgan fingerprint density at radius 3 is 2.25 bits per heavy atom. The average molecular weight is 328 g/mol. The number of para-hydroxylation sites is 2. The zero-order valence-electron chi connectivity index (χ0n) is 12.9. The second-order valence-corrected chi connectivity index (χ2v) is 4.75. The van der Waals surface area contributed by atoms with Gasteiger partial charge in [0.1, 0.15) is 0 Å². The maximum Gasteiger partial charge on any atom is 0.340 e. The third kappa shape index (κ3) is 4.10. The molecule has 24 heavy (non-hydrogen) atoms. The molecule has 7 heteroatoms. The fourth-order valence-corrected chi connectivity index (χ4v) is 1.96. The van der Waals surface area contributed by atoms with E-state index in [2.05, 4.69) is 10.1 Å². The van der Waals surface area contributed by atoms with Crippen LogP contribution in [0.1, 0.15) is 20.7 Å². The van der Waals surface area contributed by atoms with Crippen molar-refractivity contribution < 1.29 is 23.9 Å². The molecule has 0 fully saturated rings. The molecule has 0 bridgehead atoms. The maximum atomic E-state index is 11.9. The van der Waals surface area contributed by atoms with Gasteiger partial charge >= 0.3 is 11.9 Å². The van der Waals surface area contributed by atoms with E-state index in [1.165, 1.54) is 19.2 Å². The van der Waals surface area contributed by atoms with E-state index in [0.29, 0.717) is 0 Å². The first-order chi connectivity index (χ1) is 11.5. The summed E-state index contributed by atoms with van der Waals surface area (Å²) in [5.41, 5.74) is 6.58. The molecule has 0 aliphatic carbocycles. The van der Waals surface area contributed by atoms with Crippen molar-refractivity contribution in [2.24, 2.45) is 0 Å². The van der Waals surface area contributed by atoms with Crippen molar-refractivity contribution in [3.05, 3.63) is 59.7 Å². The SMILES string of the molecule is COC(=O)c1ccccc1NC(=O)COC(=O)c1ccccc1N. The molecule has 1 amide bonds. The van der Waals surface area contributed by atoms with Gasteiger partial charge in [0.25, 0.3) is 5.91 Å². The van der Waals surface area contributed by atoms with Crippen LogP contribution in [0.25, 0.3) is 0 Å². The van der Waals surface area contributed by atoms with Crippen LogP contribution >= 0.6 is 0 Å². The number of nitrogens with two attached hydrogens (primary N) is 1. The number of methoxy groups -OCH3 is 1. The van der Waals surface area contributed by atoms with Crippen molar-refractivity contribution in [3.63, 3.8) is 0 Å². The number of hydrogen-bond donors (Lipinski definition) is 2. The number of amides is 1. The zero-order valence-corrected chi connectivity index (χ0v) is 12.9. The molecular formula is C17H16N2O5. The van der Waals surface area contributed by atoms with Crippen molar-refractivity contribution in [1.82, 2.24) is 0 Å². The molecule has 7 nitrogen and oxygen atoms in total. The lowest BCUT2D eigenvalue weighted by molar-refractivity contribution is -0.119. The van der Waals surface area contributed by atoms with Crippen LogP contribution in [0.4, 0.5) is 11.4 Å². The van der Waals surface area contributed by atoms with Crippen molar-refractivity contribution in [2.45, 2.75) is 0 Å². The van der Waals surface area contributed by atoms with Gasteiger partial charge in [-0.05, 0) is 24.3 Å². The summed E-state index contributed by atoms with van der Waals surface area (Å²) in [6.07, 6.45) is 0. The van der Waals surface area contributed by atoms with Gasteiger partial charge in [-0.3, -0.25) is 4.79 Å². The highest BCUT2D eigenvalue weighted by atomic mass is 16.5. The van der Waals surface area contributed by atoms with E-state index in [4.69, 9.17) is 10.5 Å². The Bertz CT molecular complexity index is 773. The van der Waals surface area contributed by atoms with Crippen LogP contribution in [-0.4, -0.2) is 31.6 Å². The second-order valence-electron chi connectivity index (χ2n) is 4.75. The summed E-state index contributed by atoms with van der Waals surface area (Å²) >= 11 is 0. The van der Waals surface area contributed by atoms with Gasteiger partial charge in [-0.1, -0.05) is 24.3 Å². The monoisotopic (exact) mass is 328 g/mol. The third-order valence-electron chi connectivity index (χ3n) is 3.12. The molecule has 2 rings (SSSR count). The molecule has 0 heterocycles. The highest BCUT2D eigenvalue weighted by Gasteiger charge is 2.15. The number of rotatable bonds is 5. The number of nitrogen functional groups attached to an aromatic ring is 1. The third-order valence-corrected chi connectivity index (χ3v) is 3.12. The molecule has 0 aliphatic rings. The molecule has 0 radical (unpaired) electrons. The van der Waals surface area contributed by atoms with Gasteiger partial charge in [0.15, 0.2) is 6.61 Å². The number of carbonyl (C=O) groups excluding carboxylic acids is 3. The van der Waals surface area contributed by atoms with Crippen LogP contribution in [0.2, 0.25) is 0 Å². The van der Waals surface area contributed by atoms with E-state index in [1.807, 2.05) is 0 Å². The standard InChI is InChI=1S/C17H16N2O5/c1-23-16(21)12-7-3-5-9-14(12)19-15(20)10-24-17(22)11-6-2-4-8-13(11)18/h2-9H,10,18H2,1H3,(H,19,20). The molecule has 0 aliphatic heterocycles. The Kier molecular flexibility index (Phi) is 5.51. The molecular weight excluding hydrogens is 312 g/mol. The van der Waals surface area contributed by atoms with Crippen LogP contribution in [0, 0.1) is 0 Å². The summed E-state index contributed by atoms with van der Waals surface area (Å²) < 4.78 is 9.56.